The molecule has 0 aromatic carbocycles. The van der Waals surface area contributed by atoms with Gasteiger partial charge in [-0.1, -0.05) is 77.6 Å². The van der Waals surface area contributed by atoms with Gasteiger partial charge in [-0.05, 0) is 44.4 Å². The third-order valence-corrected chi connectivity index (χ3v) is 6.90. The SMILES string of the molecule is CCCCCCCCC1OC1CCCCCCCC(=O)OCC1CCCC(C=O)C1. The van der Waals surface area contributed by atoms with Crippen LogP contribution < -0.4 is 0 Å². The number of carbonyl (C=O) groups is 2. The van der Waals surface area contributed by atoms with Gasteiger partial charge in [-0.2, -0.15) is 0 Å². The van der Waals surface area contributed by atoms with Gasteiger partial charge < -0.3 is 14.3 Å². The van der Waals surface area contributed by atoms with Crippen molar-refractivity contribution in [2.45, 2.75) is 135 Å². The number of aldehydes is 1. The molecule has 0 amide bonds. The normalized spacial score (nSPS) is 25.8. The number of epoxide rings is 1. The number of esters is 1. The first-order valence-corrected chi connectivity index (χ1v) is 13.0. The van der Waals surface area contributed by atoms with E-state index in [1.807, 2.05) is 0 Å². The average Bonchev–Trinajstić information content (AvgIpc) is 3.52. The number of rotatable bonds is 18. The maximum absolute atomic E-state index is 11.9. The van der Waals surface area contributed by atoms with Crippen molar-refractivity contribution in [1.82, 2.24) is 0 Å². The zero-order valence-electron chi connectivity index (χ0n) is 19.5. The topological polar surface area (TPSA) is 55.9 Å². The van der Waals surface area contributed by atoms with Crippen molar-refractivity contribution in [3.63, 3.8) is 0 Å². The van der Waals surface area contributed by atoms with E-state index in [2.05, 4.69) is 6.92 Å². The van der Waals surface area contributed by atoms with E-state index in [0.717, 1.165) is 44.8 Å². The van der Waals surface area contributed by atoms with Gasteiger partial charge in [0, 0.05) is 12.3 Å². The smallest absolute Gasteiger partial charge is 0.305 e. The molecule has 4 unspecified atom stereocenters. The van der Waals surface area contributed by atoms with Crippen LogP contribution >= 0.6 is 0 Å². The van der Waals surface area contributed by atoms with E-state index in [4.69, 9.17) is 9.47 Å². The number of ether oxygens (including phenoxy) is 2. The van der Waals surface area contributed by atoms with Crippen molar-refractivity contribution >= 4 is 12.3 Å². The van der Waals surface area contributed by atoms with E-state index in [0.29, 0.717) is 31.2 Å². The minimum Gasteiger partial charge on any atom is -0.465 e. The Hall–Kier alpha value is -0.900. The van der Waals surface area contributed by atoms with Crippen molar-refractivity contribution in [1.29, 1.82) is 0 Å². The summed E-state index contributed by atoms with van der Waals surface area (Å²) in [6.45, 7) is 2.77. The van der Waals surface area contributed by atoms with Gasteiger partial charge in [-0.15, -0.1) is 0 Å². The summed E-state index contributed by atoms with van der Waals surface area (Å²) in [7, 11) is 0. The molecule has 1 saturated heterocycles. The quantitative estimate of drug-likeness (QED) is 0.106. The summed E-state index contributed by atoms with van der Waals surface area (Å²) >= 11 is 0. The number of carbonyl (C=O) groups excluding carboxylic acids is 2. The first-order valence-electron chi connectivity index (χ1n) is 13.0. The molecule has 2 rings (SSSR count). The van der Waals surface area contributed by atoms with Gasteiger partial charge in [-0.25, -0.2) is 0 Å². The van der Waals surface area contributed by atoms with E-state index in [-0.39, 0.29) is 11.9 Å². The molecule has 0 aromatic heterocycles. The largest absolute Gasteiger partial charge is 0.465 e. The highest BCUT2D eigenvalue weighted by atomic mass is 16.6. The van der Waals surface area contributed by atoms with Crippen LogP contribution in [0.4, 0.5) is 0 Å². The van der Waals surface area contributed by atoms with E-state index < -0.39 is 0 Å². The molecule has 0 N–H and O–H groups in total. The fourth-order valence-corrected chi connectivity index (χ4v) is 4.85. The molecule has 4 heteroatoms. The van der Waals surface area contributed by atoms with E-state index in [1.54, 1.807) is 0 Å². The Balaban J connectivity index is 1.33. The molecule has 4 nitrogen and oxygen atoms in total. The van der Waals surface area contributed by atoms with E-state index in [1.165, 1.54) is 70.6 Å². The molecule has 0 aromatic rings. The highest BCUT2D eigenvalue weighted by Gasteiger charge is 2.36. The second-order valence-corrected chi connectivity index (χ2v) is 9.69. The highest BCUT2D eigenvalue weighted by Crippen LogP contribution is 2.32. The second kappa shape index (κ2) is 15.8. The van der Waals surface area contributed by atoms with E-state index in [9.17, 15) is 9.59 Å². The van der Waals surface area contributed by atoms with Crippen molar-refractivity contribution in [2.24, 2.45) is 11.8 Å². The Labute approximate surface area is 184 Å². The fraction of sp³-hybridized carbons (Fsp3) is 0.923. The van der Waals surface area contributed by atoms with Gasteiger partial charge in [0.1, 0.15) is 6.29 Å². The predicted molar refractivity (Wildman–Crippen MR) is 121 cm³/mol. The summed E-state index contributed by atoms with van der Waals surface area (Å²) in [5, 5.41) is 0. The molecule has 30 heavy (non-hydrogen) atoms. The Morgan fingerprint density at radius 2 is 1.53 bits per heavy atom. The maximum Gasteiger partial charge on any atom is 0.305 e. The van der Waals surface area contributed by atoms with Crippen LogP contribution in [0.15, 0.2) is 0 Å². The molecule has 1 aliphatic carbocycles. The minimum atomic E-state index is -0.0628. The summed E-state index contributed by atoms with van der Waals surface area (Å²) in [6.07, 6.45) is 23.2. The Morgan fingerprint density at radius 1 is 0.900 bits per heavy atom. The molecule has 0 spiro atoms. The van der Waals surface area contributed by atoms with Crippen LogP contribution in [0.25, 0.3) is 0 Å². The van der Waals surface area contributed by atoms with Crippen LogP contribution in [0.3, 0.4) is 0 Å². The van der Waals surface area contributed by atoms with Crippen LogP contribution in [0.2, 0.25) is 0 Å². The molecular weight excluding hydrogens is 376 g/mol. The van der Waals surface area contributed by atoms with Gasteiger partial charge in [0.25, 0.3) is 0 Å². The van der Waals surface area contributed by atoms with Crippen molar-refractivity contribution in [2.75, 3.05) is 6.61 Å². The van der Waals surface area contributed by atoms with Gasteiger partial charge in [-0.3, -0.25) is 4.79 Å². The second-order valence-electron chi connectivity index (χ2n) is 9.69. The summed E-state index contributed by atoms with van der Waals surface area (Å²) < 4.78 is 11.3. The summed E-state index contributed by atoms with van der Waals surface area (Å²) in [5.74, 6) is 0.494. The summed E-state index contributed by atoms with van der Waals surface area (Å²) in [5.41, 5.74) is 0. The fourth-order valence-electron chi connectivity index (χ4n) is 4.85. The molecule has 2 aliphatic rings. The monoisotopic (exact) mass is 422 g/mol. The predicted octanol–water partition coefficient (Wildman–Crippen LogP) is 6.78. The molecule has 1 aliphatic heterocycles. The Morgan fingerprint density at radius 3 is 2.20 bits per heavy atom. The first kappa shape index (κ1) is 25.4. The summed E-state index contributed by atoms with van der Waals surface area (Å²) in [4.78, 5) is 22.8. The third-order valence-electron chi connectivity index (χ3n) is 6.90. The maximum atomic E-state index is 11.9. The standard InChI is InChI=1S/C26H46O4/c1-2-3-4-5-7-10-16-24-25(30-24)17-11-8-6-9-12-18-26(28)29-21-23-15-13-14-22(19-23)20-27/h20,22-25H,2-19,21H2,1H3. The molecule has 1 heterocycles. The van der Waals surface area contributed by atoms with Gasteiger partial charge in [0.05, 0.1) is 18.8 Å². The molecular formula is C26H46O4. The molecule has 0 bridgehead atoms. The minimum absolute atomic E-state index is 0.0628. The molecule has 1 saturated carbocycles. The average molecular weight is 423 g/mol. The van der Waals surface area contributed by atoms with Crippen molar-refractivity contribution in [3.05, 3.63) is 0 Å². The molecule has 4 atom stereocenters. The number of hydrogen-bond acceptors (Lipinski definition) is 4. The lowest BCUT2D eigenvalue weighted by atomic mass is 9.83. The molecule has 0 radical (unpaired) electrons. The zero-order valence-corrected chi connectivity index (χ0v) is 19.5. The van der Waals surface area contributed by atoms with E-state index >= 15 is 0 Å². The van der Waals surface area contributed by atoms with Crippen LogP contribution in [0.1, 0.15) is 122 Å². The lowest BCUT2D eigenvalue weighted by Crippen LogP contribution is -2.22. The first-order chi connectivity index (χ1) is 14.7. The lowest BCUT2D eigenvalue weighted by molar-refractivity contribution is -0.145. The van der Waals surface area contributed by atoms with Crippen molar-refractivity contribution in [3.8, 4) is 0 Å². The summed E-state index contributed by atoms with van der Waals surface area (Å²) in [6, 6.07) is 0. The zero-order chi connectivity index (χ0) is 21.4. The molecule has 174 valence electrons. The van der Waals surface area contributed by atoms with Crippen LogP contribution in [-0.4, -0.2) is 31.1 Å². The Kier molecular flexibility index (Phi) is 13.4. The van der Waals surface area contributed by atoms with Crippen molar-refractivity contribution < 1.29 is 19.1 Å². The van der Waals surface area contributed by atoms with Gasteiger partial charge in [0.15, 0.2) is 0 Å². The molecule has 2 fully saturated rings. The van der Waals surface area contributed by atoms with Crippen LogP contribution in [0, 0.1) is 11.8 Å². The number of hydrogen-bond donors (Lipinski definition) is 0. The Bertz CT molecular complexity index is 464. The van der Waals surface area contributed by atoms with Gasteiger partial charge in [0.2, 0.25) is 0 Å². The van der Waals surface area contributed by atoms with Crippen LogP contribution in [0.5, 0.6) is 0 Å². The van der Waals surface area contributed by atoms with Gasteiger partial charge >= 0.3 is 5.97 Å². The highest BCUT2D eigenvalue weighted by molar-refractivity contribution is 5.69. The van der Waals surface area contributed by atoms with Crippen LogP contribution in [-0.2, 0) is 19.1 Å². The number of unbranched alkanes of at least 4 members (excludes halogenated alkanes) is 9. The lowest BCUT2D eigenvalue weighted by Gasteiger charge is -2.25. The third kappa shape index (κ3) is 11.5.